The molecule has 1 aromatic carbocycles. The number of aromatic nitrogens is 4. The van der Waals surface area contributed by atoms with E-state index in [1.807, 2.05) is 70.4 Å². The molecule has 0 saturated carbocycles. The number of benzene rings is 1. The Hall–Kier alpha value is -3.63. The molecule has 38 heavy (non-hydrogen) atoms. The monoisotopic (exact) mass is 551 g/mol. The normalized spacial score (nSPS) is 14.4. The van der Waals surface area contributed by atoms with Crippen molar-refractivity contribution < 1.29 is 9.53 Å². The average Bonchev–Trinajstić information content (AvgIpc) is 3.53. The van der Waals surface area contributed by atoms with Gasteiger partial charge < -0.3 is 24.8 Å². The minimum atomic E-state index is -0.505. The van der Waals surface area contributed by atoms with Crippen LogP contribution in [0.3, 0.4) is 0 Å². The van der Waals surface area contributed by atoms with Gasteiger partial charge in [0.1, 0.15) is 23.1 Å². The van der Waals surface area contributed by atoms with Gasteiger partial charge in [-0.2, -0.15) is 0 Å². The lowest BCUT2D eigenvalue weighted by atomic mass is 10.1. The number of hydrogen-bond donors (Lipinski definition) is 2. The standard InChI is InChI=1S/C27H30ClN7O2S/c1-17-31-22(15-23(32-17)34-11-13-35(14-12-34)26(36)37-27(2,3)4)33-25-30-16-19(38-25)7-5-18-6-8-21(28)24-20(18)9-10-29-24/h5-10,15-16,29H,11-14H2,1-4H3,(H,30,31,32,33). The van der Waals surface area contributed by atoms with Gasteiger partial charge in [-0.15, -0.1) is 0 Å². The summed E-state index contributed by atoms with van der Waals surface area (Å²) in [5, 5.41) is 5.84. The average molecular weight is 552 g/mol. The largest absolute Gasteiger partial charge is 0.444 e. The number of ether oxygens (including phenoxy) is 1. The third-order valence-electron chi connectivity index (χ3n) is 5.97. The van der Waals surface area contributed by atoms with Gasteiger partial charge >= 0.3 is 6.09 Å². The fourth-order valence-corrected chi connectivity index (χ4v) is 5.16. The molecule has 0 atom stereocenters. The molecule has 4 aromatic rings. The molecule has 0 aliphatic carbocycles. The summed E-state index contributed by atoms with van der Waals surface area (Å²) in [6.45, 7) is 9.98. The number of nitrogens with zero attached hydrogens (tertiary/aromatic N) is 5. The van der Waals surface area contributed by atoms with Crippen LogP contribution in [0.2, 0.25) is 5.02 Å². The Bertz CT molecular complexity index is 1480. The molecule has 198 valence electrons. The summed E-state index contributed by atoms with van der Waals surface area (Å²) >= 11 is 7.81. The Kier molecular flexibility index (Phi) is 7.27. The minimum absolute atomic E-state index is 0.277. The number of fused-ring (bicyclic) bond motifs is 1. The van der Waals surface area contributed by atoms with Crippen molar-refractivity contribution in [1.29, 1.82) is 0 Å². The van der Waals surface area contributed by atoms with E-state index in [1.165, 1.54) is 11.3 Å². The number of carbonyl (C=O) groups excluding carboxylic acids is 1. The highest BCUT2D eigenvalue weighted by Crippen LogP contribution is 2.29. The molecule has 2 N–H and O–H groups in total. The SMILES string of the molecule is Cc1nc(Nc2ncc(C=Cc3ccc(Cl)c4[nH]ccc34)s2)cc(N2CCN(C(=O)OC(C)(C)C)CC2)n1. The number of anilines is 3. The van der Waals surface area contributed by atoms with E-state index in [0.717, 1.165) is 32.3 Å². The number of rotatable bonds is 5. The van der Waals surface area contributed by atoms with Gasteiger partial charge in [-0.1, -0.05) is 35.1 Å². The first-order chi connectivity index (χ1) is 18.1. The summed E-state index contributed by atoms with van der Waals surface area (Å²) in [5.41, 5.74) is 1.51. The molecule has 4 heterocycles. The van der Waals surface area contributed by atoms with Crippen LogP contribution >= 0.6 is 22.9 Å². The summed E-state index contributed by atoms with van der Waals surface area (Å²) in [4.78, 5) is 34.2. The van der Waals surface area contributed by atoms with Crippen molar-refractivity contribution in [2.75, 3.05) is 36.4 Å². The summed E-state index contributed by atoms with van der Waals surface area (Å²) in [5.74, 6) is 2.16. The maximum Gasteiger partial charge on any atom is 0.410 e. The zero-order chi connectivity index (χ0) is 26.9. The summed E-state index contributed by atoms with van der Waals surface area (Å²) in [7, 11) is 0. The molecule has 0 bridgehead atoms. The fraction of sp³-hybridized carbons (Fsp3) is 0.333. The highest BCUT2D eigenvalue weighted by molar-refractivity contribution is 7.16. The van der Waals surface area contributed by atoms with Crippen LogP contribution < -0.4 is 10.2 Å². The summed E-state index contributed by atoms with van der Waals surface area (Å²) < 4.78 is 5.50. The lowest BCUT2D eigenvalue weighted by molar-refractivity contribution is 0.0240. The Morgan fingerprint density at radius 2 is 1.95 bits per heavy atom. The third kappa shape index (κ3) is 6.08. The van der Waals surface area contributed by atoms with Gasteiger partial charge in [-0.05, 0) is 51.5 Å². The van der Waals surface area contributed by atoms with E-state index in [-0.39, 0.29) is 6.09 Å². The van der Waals surface area contributed by atoms with Crippen molar-refractivity contribution in [2.24, 2.45) is 0 Å². The van der Waals surface area contributed by atoms with Crippen LogP contribution in [0, 0.1) is 6.92 Å². The molecule has 1 aliphatic rings. The minimum Gasteiger partial charge on any atom is -0.444 e. The quantitative estimate of drug-likeness (QED) is 0.298. The molecule has 1 fully saturated rings. The highest BCUT2D eigenvalue weighted by Gasteiger charge is 2.26. The number of nitrogens with one attached hydrogen (secondary N) is 2. The van der Waals surface area contributed by atoms with Gasteiger partial charge in [0.25, 0.3) is 0 Å². The molecule has 3 aromatic heterocycles. The van der Waals surface area contributed by atoms with Gasteiger partial charge in [0, 0.05) is 54.9 Å². The molecular weight excluding hydrogens is 522 g/mol. The van der Waals surface area contributed by atoms with E-state index in [4.69, 9.17) is 16.3 Å². The third-order valence-corrected chi connectivity index (χ3v) is 7.16. The number of amides is 1. The van der Waals surface area contributed by atoms with Crippen molar-refractivity contribution in [1.82, 2.24) is 24.8 Å². The van der Waals surface area contributed by atoms with Crippen LogP contribution in [0.15, 0.2) is 36.7 Å². The number of aryl methyl sites for hydroxylation is 1. The van der Waals surface area contributed by atoms with Gasteiger partial charge in [-0.25, -0.2) is 19.7 Å². The maximum absolute atomic E-state index is 12.4. The molecule has 0 spiro atoms. The number of H-pyrrole nitrogens is 1. The van der Waals surface area contributed by atoms with Crippen molar-refractivity contribution in [2.45, 2.75) is 33.3 Å². The van der Waals surface area contributed by atoms with E-state index >= 15 is 0 Å². The first kappa shape index (κ1) is 26.0. The highest BCUT2D eigenvalue weighted by atomic mass is 35.5. The Morgan fingerprint density at radius 3 is 2.71 bits per heavy atom. The van der Waals surface area contributed by atoms with Gasteiger partial charge in [0.15, 0.2) is 5.13 Å². The van der Waals surface area contributed by atoms with Crippen molar-refractivity contribution in [3.8, 4) is 0 Å². The Labute approximate surface area is 230 Å². The number of piperazine rings is 1. The van der Waals surface area contributed by atoms with Gasteiger partial charge in [0.05, 0.1) is 10.5 Å². The number of hydrogen-bond acceptors (Lipinski definition) is 8. The molecule has 0 unspecified atom stereocenters. The molecule has 1 amide bonds. The molecule has 0 radical (unpaired) electrons. The molecule has 9 nitrogen and oxygen atoms in total. The molecular formula is C27H30ClN7O2S. The summed E-state index contributed by atoms with van der Waals surface area (Å²) in [6, 6.07) is 7.84. The predicted molar refractivity (Wildman–Crippen MR) is 154 cm³/mol. The van der Waals surface area contributed by atoms with Gasteiger partial charge in [0.2, 0.25) is 0 Å². The second-order valence-electron chi connectivity index (χ2n) is 10.0. The van der Waals surface area contributed by atoms with Crippen LogP contribution in [0.1, 0.15) is 37.0 Å². The van der Waals surface area contributed by atoms with E-state index in [2.05, 4.69) is 36.2 Å². The van der Waals surface area contributed by atoms with Gasteiger partial charge in [-0.3, -0.25) is 0 Å². The van der Waals surface area contributed by atoms with Crippen LogP contribution in [0.4, 0.5) is 21.6 Å². The second kappa shape index (κ2) is 10.6. The van der Waals surface area contributed by atoms with E-state index < -0.39 is 5.60 Å². The zero-order valence-electron chi connectivity index (χ0n) is 21.8. The molecule has 5 rings (SSSR count). The first-order valence-electron chi connectivity index (χ1n) is 12.4. The number of thiazole rings is 1. The van der Waals surface area contributed by atoms with Crippen LogP contribution in [-0.4, -0.2) is 62.7 Å². The lowest BCUT2D eigenvalue weighted by Gasteiger charge is -2.36. The smallest absolute Gasteiger partial charge is 0.410 e. The zero-order valence-corrected chi connectivity index (χ0v) is 23.4. The lowest BCUT2D eigenvalue weighted by Crippen LogP contribution is -2.50. The number of aromatic amines is 1. The Morgan fingerprint density at radius 1 is 1.16 bits per heavy atom. The Balaban J connectivity index is 1.24. The molecule has 1 saturated heterocycles. The van der Waals surface area contributed by atoms with E-state index in [9.17, 15) is 4.79 Å². The summed E-state index contributed by atoms with van der Waals surface area (Å²) in [6.07, 6.45) is 7.55. The maximum atomic E-state index is 12.4. The van der Waals surface area contributed by atoms with Crippen molar-refractivity contribution in [3.63, 3.8) is 0 Å². The second-order valence-corrected chi connectivity index (χ2v) is 11.5. The van der Waals surface area contributed by atoms with E-state index in [0.29, 0.717) is 42.8 Å². The topological polar surface area (TPSA) is 99.3 Å². The van der Waals surface area contributed by atoms with Crippen molar-refractivity contribution in [3.05, 3.63) is 57.9 Å². The predicted octanol–water partition coefficient (Wildman–Crippen LogP) is 6.35. The molecule has 11 heteroatoms. The van der Waals surface area contributed by atoms with Crippen LogP contribution in [0.25, 0.3) is 23.1 Å². The van der Waals surface area contributed by atoms with Crippen molar-refractivity contribution >= 4 is 68.9 Å². The fourth-order valence-electron chi connectivity index (χ4n) is 4.21. The van der Waals surface area contributed by atoms with E-state index in [1.54, 1.807) is 4.90 Å². The van der Waals surface area contributed by atoms with Crippen LogP contribution in [-0.2, 0) is 4.74 Å². The van der Waals surface area contributed by atoms with Crippen LogP contribution in [0.5, 0.6) is 0 Å². The number of halogens is 1. The first-order valence-corrected chi connectivity index (χ1v) is 13.6. The molecule has 1 aliphatic heterocycles. The number of carbonyl (C=O) groups is 1.